The Morgan fingerprint density at radius 2 is 1.96 bits per heavy atom. The fourth-order valence-electron chi connectivity index (χ4n) is 3.11. The van der Waals surface area contributed by atoms with Crippen LogP contribution in [-0.2, 0) is 16.4 Å². The lowest BCUT2D eigenvalue weighted by Gasteiger charge is -2.23. The number of hydrogen-bond acceptors (Lipinski definition) is 4. The Morgan fingerprint density at radius 1 is 1.28 bits per heavy atom. The van der Waals surface area contributed by atoms with E-state index in [4.69, 9.17) is 5.73 Å². The van der Waals surface area contributed by atoms with E-state index in [2.05, 4.69) is 10.3 Å². The Bertz CT molecular complexity index is 660. The molecule has 0 aromatic carbocycles. The van der Waals surface area contributed by atoms with Crippen molar-refractivity contribution in [1.29, 1.82) is 0 Å². The van der Waals surface area contributed by atoms with Crippen molar-refractivity contribution in [1.82, 2.24) is 9.62 Å². The van der Waals surface area contributed by atoms with E-state index in [9.17, 15) is 8.42 Å². The lowest BCUT2D eigenvalue weighted by Crippen LogP contribution is -2.41. The fourth-order valence-corrected chi connectivity index (χ4v) is 6.07. The van der Waals surface area contributed by atoms with Crippen LogP contribution in [0.5, 0.6) is 0 Å². The van der Waals surface area contributed by atoms with Crippen LogP contribution in [0.25, 0.3) is 0 Å². The highest BCUT2D eigenvalue weighted by Gasteiger charge is 2.23. The maximum absolute atomic E-state index is 12.5. The van der Waals surface area contributed by atoms with Crippen LogP contribution < -0.4 is 11.1 Å². The summed E-state index contributed by atoms with van der Waals surface area (Å²) < 4.78 is 26.9. The number of nitrogens with one attached hydrogen (secondary N) is 1. The van der Waals surface area contributed by atoms with Gasteiger partial charge in [0.15, 0.2) is 5.96 Å². The molecule has 1 heterocycles. The van der Waals surface area contributed by atoms with E-state index in [1.54, 1.807) is 6.07 Å². The summed E-state index contributed by atoms with van der Waals surface area (Å²) >= 11 is 1.33. The second-order valence-corrected chi connectivity index (χ2v) is 9.64. The Labute approximate surface area is 155 Å². The summed E-state index contributed by atoms with van der Waals surface area (Å²) in [6.45, 7) is 5.25. The molecule has 25 heavy (non-hydrogen) atoms. The van der Waals surface area contributed by atoms with Crippen molar-refractivity contribution >= 4 is 27.3 Å². The van der Waals surface area contributed by atoms with Gasteiger partial charge in [0.1, 0.15) is 4.21 Å². The number of guanidine groups is 1. The molecule has 0 atom stereocenters. The van der Waals surface area contributed by atoms with Crippen LogP contribution in [0.2, 0.25) is 0 Å². The van der Waals surface area contributed by atoms with Crippen LogP contribution in [0.3, 0.4) is 0 Å². The van der Waals surface area contributed by atoms with E-state index < -0.39 is 10.0 Å². The summed E-state index contributed by atoms with van der Waals surface area (Å²) in [7, 11) is -3.36. The summed E-state index contributed by atoms with van der Waals surface area (Å²) in [5, 5.41) is 3.29. The van der Waals surface area contributed by atoms with Gasteiger partial charge in [-0.25, -0.2) is 8.42 Å². The van der Waals surface area contributed by atoms with Crippen molar-refractivity contribution in [2.75, 3.05) is 19.6 Å². The summed E-state index contributed by atoms with van der Waals surface area (Å²) in [6, 6.07) is 4.02. The van der Waals surface area contributed by atoms with Gasteiger partial charge >= 0.3 is 0 Å². The molecule has 0 radical (unpaired) electrons. The molecular weight excluding hydrogens is 356 g/mol. The lowest BCUT2D eigenvalue weighted by molar-refractivity contribution is 0.412. The van der Waals surface area contributed by atoms with Gasteiger partial charge in [-0.15, -0.1) is 11.3 Å². The number of aliphatic imine (C=N–C) groups is 1. The van der Waals surface area contributed by atoms with Crippen LogP contribution in [0.1, 0.15) is 50.8 Å². The first-order valence-electron chi connectivity index (χ1n) is 9.12. The maximum atomic E-state index is 12.5. The highest BCUT2D eigenvalue weighted by Crippen LogP contribution is 2.25. The predicted molar refractivity (Wildman–Crippen MR) is 105 cm³/mol. The minimum absolute atomic E-state index is 0.406. The van der Waals surface area contributed by atoms with Gasteiger partial charge < -0.3 is 11.1 Å². The minimum Gasteiger partial charge on any atom is -0.370 e. The largest absolute Gasteiger partial charge is 0.370 e. The van der Waals surface area contributed by atoms with Gasteiger partial charge in [-0.2, -0.15) is 4.31 Å². The fraction of sp³-hybridized carbons (Fsp3) is 0.706. The second-order valence-electron chi connectivity index (χ2n) is 6.31. The van der Waals surface area contributed by atoms with E-state index in [1.807, 2.05) is 19.9 Å². The average Bonchev–Trinajstić information content (AvgIpc) is 3.06. The Kier molecular flexibility index (Phi) is 7.71. The third kappa shape index (κ3) is 5.69. The first-order valence-corrected chi connectivity index (χ1v) is 11.4. The summed E-state index contributed by atoms with van der Waals surface area (Å²) in [5.74, 6) is 0.499. The zero-order valence-electron chi connectivity index (χ0n) is 15.2. The maximum Gasteiger partial charge on any atom is 0.252 e. The van der Waals surface area contributed by atoms with E-state index in [0.29, 0.717) is 42.3 Å². The molecule has 0 amide bonds. The van der Waals surface area contributed by atoms with Gasteiger partial charge in [0.2, 0.25) is 0 Å². The molecule has 0 bridgehead atoms. The van der Waals surface area contributed by atoms with Crippen LogP contribution in [-0.4, -0.2) is 44.4 Å². The molecule has 1 aromatic rings. The molecule has 1 saturated carbocycles. The highest BCUT2D eigenvalue weighted by atomic mass is 32.2. The third-order valence-corrected chi connectivity index (χ3v) is 8.20. The molecule has 8 heteroatoms. The molecule has 1 aliphatic carbocycles. The van der Waals surface area contributed by atoms with Gasteiger partial charge in [0, 0.05) is 37.0 Å². The van der Waals surface area contributed by atoms with E-state index in [-0.39, 0.29) is 0 Å². The summed E-state index contributed by atoms with van der Waals surface area (Å²) in [4.78, 5) is 5.40. The number of hydrogen-bond donors (Lipinski definition) is 2. The molecule has 142 valence electrons. The van der Waals surface area contributed by atoms with Crippen molar-refractivity contribution in [3.8, 4) is 0 Å². The highest BCUT2D eigenvalue weighted by molar-refractivity contribution is 7.91. The monoisotopic (exact) mass is 386 g/mol. The van der Waals surface area contributed by atoms with E-state index in [0.717, 1.165) is 17.7 Å². The summed E-state index contributed by atoms with van der Waals surface area (Å²) in [6.07, 6.45) is 6.84. The van der Waals surface area contributed by atoms with Gasteiger partial charge in [-0.1, -0.05) is 33.1 Å². The molecule has 0 saturated heterocycles. The molecule has 6 nitrogen and oxygen atoms in total. The van der Waals surface area contributed by atoms with Gasteiger partial charge in [-0.05, 0) is 25.0 Å². The topological polar surface area (TPSA) is 87.8 Å². The lowest BCUT2D eigenvalue weighted by atomic mass is 9.96. The minimum atomic E-state index is -3.36. The van der Waals surface area contributed by atoms with Crippen molar-refractivity contribution in [3.63, 3.8) is 0 Å². The van der Waals surface area contributed by atoms with E-state index >= 15 is 0 Å². The average molecular weight is 387 g/mol. The van der Waals surface area contributed by atoms with Gasteiger partial charge in [0.05, 0.1) is 0 Å². The molecule has 3 N–H and O–H groups in total. The zero-order valence-corrected chi connectivity index (χ0v) is 16.8. The van der Waals surface area contributed by atoms with E-state index in [1.165, 1.54) is 34.9 Å². The number of rotatable bonds is 8. The molecule has 2 rings (SSSR count). The molecule has 1 aromatic heterocycles. The number of nitrogens with two attached hydrogens (primary N) is 1. The van der Waals surface area contributed by atoms with Crippen LogP contribution in [0.15, 0.2) is 21.3 Å². The zero-order chi connectivity index (χ0) is 18.3. The van der Waals surface area contributed by atoms with Crippen molar-refractivity contribution < 1.29 is 8.42 Å². The van der Waals surface area contributed by atoms with Crippen LogP contribution in [0, 0.1) is 0 Å². The Hall–Kier alpha value is -1.12. The molecule has 0 unspecified atom stereocenters. The molecule has 1 aliphatic rings. The number of sulfonamides is 1. The standard InChI is InChI=1S/C17H30N4O2S2/c1-3-21(4-2)25(22,23)16-11-10-15(24-16)12-13-19-17(18)20-14-8-6-5-7-9-14/h10-11,14H,3-9,12-13H2,1-2H3,(H3,18,19,20). The van der Waals surface area contributed by atoms with Crippen LogP contribution in [0.4, 0.5) is 0 Å². The molecular formula is C17H30N4O2S2. The van der Waals surface area contributed by atoms with Crippen molar-refractivity contribution in [2.45, 2.75) is 62.6 Å². The third-order valence-electron chi connectivity index (χ3n) is 4.53. The Morgan fingerprint density at radius 3 is 2.60 bits per heavy atom. The molecule has 0 aliphatic heterocycles. The second kappa shape index (κ2) is 9.54. The molecule has 1 fully saturated rings. The normalized spacial score (nSPS) is 17.2. The van der Waals surface area contributed by atoms with Crippen molar-refractivity contribution in [3.05, 3.63) is 17.0 Å². The first-order chi connectivity index (χ1) is 12.0. The first kappa shape index (κ1) is 20.2. The quantitative estimate of drug-likeness (QED) is 0.531. The van der Waals surface area contributed by atoms with Crippen molar-refractivity contribution in [2.24, 2.45) is 10.7 Å². The Balaban J connectivity index is 1.87. The smallest absolute Gasteiger partial charge is 0.252 e. The summed E-state index contributed by atoms with van der Waals surface area (Å²) in [5.41, 5.74) is 5.96. The number of nitrogens with zero attached hydrogens (tertiary/aromatic N) is 2. The molecule has 0 spiro atoms. The van der Waals surface area contributed by atoms with Gasteiger partial charge in [-0.3, -0.25) is 4.99 Å². The number of thiophene rings is 1. The predicted octanol–water partition coefficient (Wildman–Crippen LogP) is 2.56. The SMILES string of the molecule is CCN(CC)S(=O)(=O)c1ccc(CCN=C(N)NC2CCCCC2)s1. The van der Waals surface area contributed by atoms with Gasteiger partial charge in [0.25, 0.3) is 10.0 Å². The van der Waals surface area contributed by atoms with Crippen LogP contribution >= 0.6 is 11.3 Å².